The van der Waals surface area contributed by atoms with Gasteiger partial charge in [-0.3, -0.25) is 20.4 Å². The van der Waals surface area contributed by atoms with Crippen molar-refractivity contribution in [2.45, 2.75) is 38.5 Å². The molecule has 2 aromatic rings. The van der Waals surface area contributed by atoms with Gasteiger partial charge in [-0.1, -0.05) is 25.1 Å². The molecule has 1 fully saturated rings. The summed E-state index contributed by atoms with van der Waals surface area (Å²) in [7, 11) is -3.77. The number of amides is 2. The number of hydrogen-bond donors (Lipinski definition) is 2. The summed E-state index contributed by atoms with van der Waals surface area (Å²) >= 11 is 0. The fourth-order valence-electron chi connectivity index (χ4n) is 3.62. The van der Waals surface area contributed by atoms with Crippen molar-refractivity contribution in [1.29, 1.82) is 0 Å². The molecule has 0 aromatic heterocycles. The van der Waals surface area contributed by atoms with Crippen LogP contribution in [-0.4, -0.2) is 50.2 Å². The van der Waals surface area contributed by atoms with Crippen LogP contribution in [0.1, 0.15) is 51.6 Å². The maximum absolute atomic E-state index is 13.2. The Morgan fingerprint density at radius 2 is 1.65 bits per heavy atom. The van der Waals surface area contributed by atoms with Gasteiger partial charge < -0.3 is 4.74 Å². The van der Waals surface area contributed by atoms with Crippen LogP contribution in [0.15, 0.2) is 47.4 Å². The van der Waals surface area contributed by atoms with Gasteiger partial charge in [-0.25, -0.2) is 13.2 Å². The molecular formula is C24H29N3O6S. The number of benzene rings is 2. The lowest BCUT2D eigenvalue weighted by atomic mass is 10.0. The molecule has 10 heteroatoms. The van der Waals surface area contributed by atoms with Crippen molar-refractivity contribution in [2.24, 2.45) is 5.92 Å². The lowest BCUT2D eigenvalue weighted by molar-refractivity contribution is -0.125. The number of esters is 1. The number of rotatable bonds is 6. The van der Waals surface area contributed by atoms with Gasteiger partial charge in [0.2, 0.25) is 10.0 Å². The smallest absolute Gasteiger partial charge is 0.338 e. The van der Waals surface area contributed by atoms with E-state index in [1.807, 2.05) is 0 Å². The molecule has 0 saturated carbocycles. The van der Waals surface area contributed by atoms with Gasteiger partial charge in [0.15, 0.2) is 6.61 Å². The summed E-state index contributed by atoms with van der Waals surface area (Å²) in [5.41, 5.74) is 5.98. The molecule has 3 rings (SSSR count). The van der Waals surface area contributed by atoms with Crippen LogP contribution in [0.2, 0.25) is 0 Å². The Balaban J connectivity index is 1.64. The minimum Gasteiger partial charge on any atom is -0.452 e. The van der Waals surface area contributed by atoms with Crippen LogP contribution in [0.5, 0.6) is 0 Å². The van der Waals surface area contributed by atoms with Crippen LogP contribution in [0.25, 0.3) is 0 Å². The molecule has 34 heavy (non-hydrogen) atoms. The molecule has 2 N–H and O–H groups in total. The number of ether oxygens (including phenoxy) is 1. The van der Waals surface area contributed by atoms with E-state index in [2.05, 4.69) is 17.8 Å². The SMILES string of the molecule is Cc1cc(C(=O)OCC(=O)NNC(=O)c2ccccc2)cc(S(=O)(=O)N2CCC(C)CC2)c1C. The topological polar surface area (TPSA) is 122 Å². The van der Waals surface area contributed by atoms with Crippen molar-refractivity contribution < 1.29 is 27.5 Å². The van der Waals surface area contributed by atoms with Crippen LogP contribution >= 0.6 is 0 Å². The van der Waals surface area contributed by atoms with Crippen LogP contribution in [0.4, 0.5) is 0 Å². The Labute approximate surface area is 199 Å². The molecule has 1 aliphatic rings. The van der Waals surface area contributed by atoms with Gasteiger partial charge in [-0.05, 0) is 68.0 Å². The predicted octanol–water partition coefficient (Wildman–Crippen LogP) is 2.34. The van der Waals surface area contributed by atoms with E-state index in [9.17, 15) is 22.8 Å². The van der Waals surface area contributed by atoms with E-state index in [4.69, 9.17) is 4.74 Å². The Morgan fingerprint density at radius 3 is 2.29 bits per heavy atom. The normalized spacial score (nSPS) is 14.9. The molecule has 1 saturated heterocycles. The number of piperidine rings is 1. The van der Waals surface area contributed by atoms with Gasteiger partial charge in [-0.15, -0.1) is 0 Å². The summed E-state index contributed by atoms with van der Waals surface area (Å²) in [5.74, 6) is -1.62. The first-order chi connectivity index (χ1) is 16.1. The summed E-state index contributed by atoms with van der Waals surface area (Å²) in [6, 6.07) is 11.1. The van der Waals surface area contributed by atoms with Crippen molar-refractivity contribution in [3.05, 3.63) is 64.7 Å². The first-order valence-corrected chi connectivity index (χ1v) is 12.5. The quantitative estimate of drug-likeness (QED) is 0.476. The van der Waals surface area contributed by atoms with Gasteiger partial charge in [0.05, 0.1) is 10.5 Å². The zero-order valence-electron chi connectivity index (χ0n) is 19.5. The Bertz CT molecular complexity index is 1170. The monoisotopic (exact) mass is 487 g/mol. The zero-order chi connectivity index (χ0) is 24.9. The highest BCUT2D eigenvalue weighted by molar-refractivity contribution is 7.89. The minimum absolute atomic E-state index is 0.0353. The van der Waals surface area contributed by atoms with E-state index in [1.165, 1.54) is 16.4 Å². The first-order valence-electron chi connectivity index (χ1n) is 11.0. The van der Waals surface area contributed by atoms with E-state index >= 15 is 0 Å². The van der Waals surface area contributed by atoms with E-state index < -0.39 is 34.4 Å². The number of carbonyl (C=O) groups is 3. The van der Waals surface area contributed by atoms with Crippen LogP contribution in [-0.2, 0) is 19.6 Å². The van der Waals surface area contributed by atoms with Crippen molar-refractivity contribution in [1.82, 2.24) is 15.2 Å². The van der Waals surface area contributed by atoms with E-state index in [0.29, 0.717) is 35.7 Å². The van der Waals surface area contributed by atoms with Crippen LogP contribution in [0, 0.1) is 19.8 Å². The summed E-state index contributed by atoms with van der Waals surface area (Å²) in [6.07, 6.45) is 1.57. The number of sulfonamides is 1. The van der Waals surface area contributed by atoms with Gasteiger partial charge in [0, 0.05) is 18.7 Å². The highest BCUT2D eigenvalue weighted by Crippen LogP contribution is 2.28. The summed E-state index contributed by atoms with van der Waals surface area (Å²) in [5, 5.41) is 0. The number of aryl methyl sites for hydroxylation is 1. The minimum atomic E-state index is -3.77. The molecule has 0 radical (unpaired) electrons. The molecule has 1 aliphatic heterocycles. The lowest BCUT2D eigenvalue weighted by Gasteiger charge is -2.30. The molecule has 0 bridgehead atoms. The number of hydrazine groups is 1. The van der Waals surface area contributed by atoms with Crippen LogP contribution < -0.4 is 10.9 Å². The van der Waals surface area contributed by atoms with E-state index in [0.717, 1.165) is 12.8 Å². The molecule has 0 aliphatic carbocycles. The fraction of sp³-hybridized carbons (Fsp3) is 0.375. The van der Waals surface area contributed by atoms with Gasteiger partial charge in [0.25, 0.3) is 11.8 Å². The third-order valence-corrected chi connectivity index (χ3v) is 7.93. The number of carbonyl (C=O) groups excluding carboxylic acids is 3. The third-order valence-electron chi connectivity index (χ3n) is 5.90. The summed E-state index contributed by atoms with van der Waals surface area (Å²) in [6.45, 7) is 5.74. The Hall–Kier alpha value is -3.24. The molecule has 9 nitrogen and oxygen atoms in total. The molecule has 2 amide bonds. The second-order valence-corrected chi connectivity index (χ2v) is 10.4. The molecule has 182 valence electrons. The molecule has 0 atom stereocenters. The molecule has 0 unspecified atom stereocenters. The van der Waals surface area contributed by atoms with Crippen molar-refractivity contribution >= 4 is 27.8 Å². The highest BCUT2D eigenvalue weighted by Gasteiger charge is 2.30. The molecule has 1 heterocycles. The number of nitrogens with zero attached hydrogens (tertiary/aromatic N) is 1. The Morgan fingerprint density at radius 1 is 1.00 bits per heavy atom. The molecule has 0 spiro atoms. The number of hydrogen-bond acceptors (Lipinski definition) is 6. The number of nitrogens with one attached hydrogen (secondary N) is 2. The second kappa shape index (κ2) is 10.8. The van der Waals surface area contributed by atoms with Crippen molar-refractivity contribution in [3.8, 4) is 0 Å². The zero-order valence-corrected chi connectivity index (χ0v) is 20.3. The second-order valence-electron chi connectivity index (χ2n) is 8.45. The first kappa shape index (κ1) is 25.4. The molecule has 2 aromatic carbocycles. The van der Waals surface area contributed by atoms with Crippen molar-refractivity contribution in [3.63, 3.8) is 0 Å². The standard InChI is InChI=1S/C24H29N3O6S/c1-16-9-11-27(12-10-16)34(31,32)21-14-20(13-17(2)18(21)3)24(30)33-15-22(28)25-26-23(29)19-7-5-4-6-8-19/h4-8,13-14,16H,9-12,15H2,1-3H3,(H,25,28)(H,26,29). The third kappa shape index (κ3) is 6.00. The summed E-state index contributed by atoms with van der Waals surface area (Å²) < 4.78 is 33.0. The van der Waals surface area contributed by atoms with Crippen LogP contribution in [0.3, 0.4) is 0 Å². The average molecular weight is 488 g/mol. The Kier molecular flexibility index (Phi) is 8.06. The molecular weight excluding hydrogens is 458 g/mol. The summed E-state index contributed by atoms with van der Waals surface area (Å²) in [4.78, 5) is 36.6. The van der Waals surface area contributed by atoms with E-state index in [1.54, 1.807) is 44.2 Å². The maximum Gasteiger partial charge on any atom is 0.338 e. The van der Waals surface area contributed by atoms with Crippen molar-refractivity contribution in [2.75, 3.05) is 19.7 Å². The van der Waals surface area contributed by atoms with Gasteiger partial charge in [0.1, 0.15) is 0 Å². The van der Waals surface area contributed by atoms with Gasteiger partial charge >= 0.3 is 5.97 Å². The fourth-order valence-corrected chi connectivity index (χ4v) is 5.41. The van der Waals surface area contributed by atoms with Gasteiger partial charge in [-0.2, -0.15) is 4.31 Å². The highest BCUT2D eigenvalue weighted by atomic mass is 32.2. The maximum atomic E-state index is 13.2. The predicted molar refractivity (Wildman–Crippen MR) is 125 cm³/mol. The van der Waals surface area contributed by atoms with E-state index in [-0.39, 0.29) is 10.5 Å². The lowest BCUT2D eigenvalue weighted by Crippen LogP contribution is -2.43. The largest absolute Gasteiger partial charge is 0.452 e. The average Bonchev–Trinajstić information content (AvgIpc) is 2.83.